The smallest absolute Gasteiger partial charge is 0.291 e. The van der Waals surface area contributed by atoms with E-state index in [-0.39, 0.29) is 6.71 Å². The summed E-state index contributed by atoms with van der Waals surface area (Å²) in [6.07, 6.45) is 0. The van der Waals surface area contributed by atoms with Crippen molar-refractivity contribution < 1.29 is 18.5 Å². The molecule has 0 saturated carbocycles. The molecule has 6 heteroatoms. The van der Waals surface area contributed by atoms with Gasteiger partial charge in [0, 0.05) is 21.6 Å². The van der Waals surface area contributed by atoms with Gasteiger partial charge >= 0.3 is 0 Å². The van der Waals surface area contributed by atoms with Gasteiger partial charge in [-0.2, -0.15) is 0 Å². The molecular formula is C37H24BN2O3+. The van der Waals surface area contributed by atoms with E-state index in [0.717, 1.165) is 83.8 Å². The number of rotatable bonds is 1. The summed E-state index contributed by atoms with van der Waals surface area (Å²) in [5.74, 6) is 4.43. The van der Waals surface area contributed by atoms with Crippen molar-refractivity contribution in [2.45, 2.75) is 6.92 Å². The van der Waals surface area contributed by atoms with Gasteiger partial charge in [-0.05, 0) is 77.3 Å². The quantitative estimate of drug-likeness (QED) is 0.180. The molecule has 0 spiro atoms. The Hall–Kier alpha value is -5.49. The second-order valence-corrected chi connectivity index (χ2v) is 11.7. The lowest BCUT2D eigenvalue weighted by atomic mass is 9.35. The lowest BCUT2D eigenvalue weighted by molar-refractivity contribution is -0.632. The van der Waals surface area contributed by atoms with Crippen molar-refractivity contribution in [1.29, 1.82) is 0 Å². The van der Waals surface area contributed by atoms with E-state index in [9.17, 15) is 0 Å². The standard InChI is InChI=1S/C37H23BN2O3/c1-20-14-16-23-24-18-32-26(38-25-10-5-6-11-28(25)41-29-12-7-13-30(42-32)34(29)38)19-31(24)43-36(23)33(20)37-39-27-17-15-21-8-3-4-9-22(21)35(27)40(37)2/h3-19H,1-2H3/p+1. The van der Waals surface area contributed by atoms with Crippen LogP contribution >= 0.6 is 0 Å². The first kappa shape index (κ1) is 23.1. The molecule has 0 radical (unpaired) electrons. The molecule has 2 aliphatic heterocycles. The van der Waals surface area contributed by atoms with Crippen molar-refractivity contribution in [3.8, 4) is 34.4 Å². The van der Waals surface area contributed by atoms with E-state index >= 15 is 0 Å². The second kappa shape index (κ2) is 8.08. The van der Waals surface area contributed by atoms with E-state index in [1.54, 1.807) is 0 Å². The molecule has 0 atom stereocenters. The van der Waals surface area contributed by atoms with E-state index < -0.39 is 0 Å². The number of nitrogens with zero attached hydrogens (tertiary/aromatic N) is 1. The van der Waals surface area contributed by atoms with Crippen LogP contribution in [0.4, 0.5) is 0 Å². The molecule has 2 aliphatic rings. The fraction of sp³-hybridized carbons (Fsp3) is 0.0541. The van der Waals surface area contributed by atoms with E-state index in [1.165, 1.54) is 16.3 Å². The van der Waals surface area contributed by atoms with Crippen LogP contribution < -0.4 is 30.4 Å². The van der Waals surface area contributed by atoms with Crippen molar-refractivity contribution in [2.75, 3.05) is 0 Å². The predicted octanol–water partition coefficient (Wildman–Crippen LogP) is 6.75. The summed E-state index contributed by atoms with van der Waals surface area (Å²) in [6.45, 7) is 2.15. The Balaban J connectivity index is 1.24. The average Bonchev–Trinajstić information content (AvgIpc) is 3.56. The normalized spacial score (nSPS) is 13.2. The number of hydrogen-bond acceptors (Lipinski definition) is 3. The summed E-state index contributed by atoms with van der Waals surface area (Å²) in [7, 11) is 2.13. The third-order valence-corrected chi connectivity index (χ3v) is 9.34. The molecule has 6 aromatic carbocycles. The van der Waals surface area contributed by atoms with Crippen molar-refractivity contribution in [3.05, 3.63) is 109 Å². The summed E-state index contributed by atoms with van der Waals surface area (Å²) in [4.78, 5) is 3.72. The van der Waals surface area contributed by atoms with E-state index in [4.69, 9.17) is 13.9 Å². The number of furan rings is 1. The van der Waals surface area contributed by atoms with Gasteiger partial charge in [-0.3, -0.25) is 0 Å². The number of nitrogens with one attached hydrogen (secondary N) is 1. The van der Waals surface area contributed by atoms with Crippen molar-refractivity contribution in [3.63, 3.8) is 0 Å². The minimum Gasteiger partial charge on any atom is -0.458 e. The monoisotopic (exact) mass is 555 g/mol. The molecule has 0 amide bonds. The summed E-state index contributed by atoms with van der Waals surface area (Å²) in [5, 5.41) is 4.55. The number of imidazole rings is 1. The molecule has 10 rings (SSSR count). The Bertz CT molecular complexity index is 2510. The minimum absolute atomic E-state index is 0.00138. The maximum atomic E-state index is 6.82. The number of aromatic nitrogens is 2. The van der Waals surface area contributed by atoms with Crippen LogP contribution in [0.1, 0.15) is 5.56 Å². The lowest BCUT2D eigenvalue weighted by Crippen LogP contribution is -2.57. The molecule has 202 valence electrons. The van der Waals surface area contributed by atoms with Gasteiger partial charge in [-0.25, -0.2) is 9.55 Å². The first-order valence-corrected chi connectivity index (χ1v) is 14.6. The van der Waals surface area contributed by atoms with Crippen LogP contribution in [0.25, 0.3) is 55.1 Å². The third kappa shape index (κ3) is 3.00. The molecule has 0 bridgehead atoms. The predicted molar refractivity (Wildman–Crippen MR) is 172 cm³/mol. The lowest BCUT2D eigenvalue weighted by Gasteiger charge is -2.32. The number of fused-ring (bicyclic) bond motifs is 10. The Morgan fingerprint density at radius 1 is 0.674 bits per heavy atom. The van der Waals surface area contributed by atoms with Gasteiger partial charge in [-0.1, -0.05) is 54.6 Å². The molecule has 2 aromatic heterocycles. The molecule has 1 N–H and O–H groups in total. The van der Waals surface area contributed by atoms with E-state index in [0.29, 0.717) is 0 Å². The molecule has 0 saturated heterocycles. The van der Waals surface area contributed by atoms with Crippen LogP contribution in [0, 0.1) is 6.92 Å². The Morgan fingerprint density at radius 2 is 1.47 bits per heavy atom. The zero-order valence-corrected chi connectivity index (χ0v) is 23.6. The average molecular weight is 555 g/mol. The highest BCUT2D eigenvalue weighted by molar-refractivity contribution is 6.98. The number of hydrogen-bond donors (Lipinski definition) is 1. The molecule has 43 heavy (non-hydrogen) atoms. The highest BCUT2D eigenvalue weighted by atomic mass is 16.5. The maximum Gasteiger partial charge on any atom is 0.291 e. The Kier molecular flexibility index (Phi) is 4.34. The maximum absolute atomic E-state index is 6.82. The SMILES string of the molecule is Cc1ccc2c(oc3cc4c(cc32)Oc2cccc3c2B4c2ccccc2O3)c1-c1[nH]c2ccc3ccccc3c2[n+]1C. The van der Waals surface area contributed by atoms with E-state index in [2.05, 4.69) is 96.3 Å². The number of benzene rings is 6. The summed E-state index contributed by atoms with van der Waals surface area (Å²) in [6, 6.07) is 35.9. The molecule has 0 unspecified atom stereocenters. The number of ether oxygens (including phenoxy) is 2. The molecule has 0 aliphatic carbocycles. The minimum atomic E-state index is -0.00138. The summed E-state index contributed by atoms with van der Waals surface area (Å²) < 4.78 is 22.0. The number of aryl methyl sites for hydroxylation is 2. The van der Waals surface area contributed by atoms with Gasteiger partial charge in [0.2, 0.25) is 0 Å². The fourth-order valence-electron chi connectivity index (χ4n) is 7.37. The van der Waals surface area contributed by atoms with Crippen LogP contribution in [0.3, 0.4) is 0 Å². The zero-order valence-electron chi connectivity index (χ0n) is 23.6. The van der Waals surface area contributed by atoms with Crippen molar-refractivity contribution >= 4 is 66.8 Å². The van der Waals surface area contributed by atoms with Crippen LogP contribution in [0.2, 0.25) is 0 Å². The first-order chi connectivity index (χ1) is 21.1. The number of para-hydroxylation sites is 1. The summed E-state index contributed by atoms with van der Waals surface area (Å²) in [5.41, 5.74) is 9.49. The topological polar surface area (TPSA) is 51.3 Å². The van der Waals surface area contributed by atoms with Gasteiger partial charge in [0.05, 0.1) is 7.05 Å². The molecule has 8 aromatic rings. The second-order valence-electron chi connectivity index (χ2n) is 11.7. The van der Waals surface area contributed by atoms with Crippen molar-refractivity contribution in [2.24, 2.45) is 7.05 Å². The molecule has 0 fully saturated rings. The highest BCUT2D eigenvalue weighted by Gasteiger charge is 2.40. The van der Waals surface area contributed by atoms with Gasteiger partial charge in [0.15, 0.2) is 16.6 Å². The molecule has 4 heterocycles. The van der Waals surface area contributed by atoms with Crippen LogP contribution in [0.15, 0.2) is 108 Å². The Labute approximate surface area is 247 Å². The van der Waals surface area contributed by atoms with Gasteiger partial charge in [-0.15, -0.1) is 0 Å². The first-order valence-electron chi connectivity index (χ1n) is 14.6. The van der Waals surface area contributed by atoms with Gasteiger partial charge in [0.1, 0.15) is 34.1 Å². The van der Waals surface area contributed by atoms with Crippen molar-refractivity contribution in [1.82, 2.24) is 4.98 Å². The summed E-state index contributed by atoms with van der Waals surface area (Å²) >= 11 is 0. The van der Waals surface area contributed by atoms with Crippen LogP contribution in [-0.2, 0) is 7.05 Å². The number of H-pyrrole nitrogens is 1. The Morgan fingerprint density at radius 3 is 2.37 bits per heavy atom. The zero-order chi connectivity index (χ0) is 28.4. The van der Waals surface area contributed by atoms with Crippen LogP contribution in [0.5, 0.6) is 23.0 Å². The highest BCUT2D eigenvalue weighted by Crippen LogP contribution is 2.41. The van der Waals surface area contributed by atoms with Gasteiger partial charge in [0.25, 0.3) is 12.5 Å². The van der Waals surface area contributed by atoms with Crippen LogP contribution in [-0.4, -0.2) is 11.7 Å². The van der Waals surface area contributed by atoms with E-state index in [1.807, 2.05) is 30.3 Å². The largest absolute Gasteiger partial charge is 0.458 e. The fourth-order valence-corrected chi connectivity index (χ4v) is 7.37. The molecule has 5 nitrogen and oxygen atoms in total. The molecular weight excluding hydrogens is 531 g/mol. The third-order valence-electron chi connectivity index (χ3n) is 9.34. The van der Waals surface area contributed by atoms with Gasteiger partial charge < -0.3 is 13.9 Å². The number of aromatic amines is 1.